The first-order valence-electron chi connectivity index (χ1n) is 7.70. The van der Waals surface area contributed by atoms with Crippen molar-refractivity contribution in [3.8, 4) is 0 Å². The van der Waals surface area contributed by atoms with Gasteiger partial charge in [0.1, 0.15) is 5.69 Å². The van der Waals surface area contributed by atoms with Gasteiger partial charge in [-0.25, -0.2) is 17.9 Å². The van der Waals surface area contributed by atoms with Gasteiger partial charge in [0.05, 0.1) is 10.7 Å². The monoisotopic (exact) mass is 404 g/mol. The molecule has 1 aliphatic carbocycles. The Morgan fingerprint density at radius 3 is 2.46 bits per heavy atom. The number of carbonyl (C=O) groups excluding carboxylic acids is 1. The van der Waals surface area contributed by atoms with Crippen LogP contribution in [0.5, 0.6) is 0 Å². The number of amides is 1. The number of rotatable bonds is 6. The van der Waals surface area contributed by atoms with E-state index in [1.807, 2.05) is 0 Å². The van der Waals surface area contributed by atoms with Crippen LogP contribution in [-0.2, 0) is 7.05 Å². The first kappa shape index (κ1) is 18.9. The Bertz CT molecular complexity index is 846. The van der Waals surface area contributed by atoms with Gasteiger partial charge in [0.2, 0.25) is 0 Å². The van der Waals surface area contributed by atoms with Crippen molar-refractivity contribution >= 4 is 41.0 Å². The summed E-state index contributed by atoms with van der Waals surface area (Å²) >= 11 is 7.51. The highest BCUT2D eigenvalue weighted by Gasteiger charge is 2.37. The maximum atomic E-state index is 13.3. The molecule has 1 fully saturated rings. The standard InChI is InChI=1S/C16H16ClF3N4OS/c1-16(3-4-16)23-26-22-11-7-24(2)14(12(11)17)15(25)21-8-5-9(18)13(20)10(19)6-8/h5-7,22-23H,3-4H2,1-2H3,(H,21,25). The molecule has 140 valence electrons. The zero-order chi connectivity index (χ0) is 19.1. The van der Waals surface area contributed by atoms with Crippen LogP contribution >= 0.6 is 23.7 Å². The molecule has 1 amide bonds. The normalized spacial score (nSPS) is 15.0. The third kappa shape index (κ3) is 3.94. The number of carbonyl (C=O) groups is 1. The molecule has 1 aromatic heterocycles. The minimum absolute atomic E-state index is 0.0949. The SMILES string of the molecule is Cn1cc(NSNC2(C)CC2)c(Cl)c1C(=O)Nc1cc(F)c(F)c(F)c1. The second-order valence-corrected chi connectivity index (χ2v) is 7.38. The van der Waals surface area contributed by atoms with Crippen LogP contribution in [0.4, 0.5) is 24.5 Å². The smallest absolute Gasteiger partial charge is 0.273 e. The number of halogens is 4. The van der Waals surface area contributed by atoms with Gasteiger partial charge >= 0.3 is 0 Å². The number of nitrogens with one attached hydrogen (secondary N) is 3. The summed E-state index contributed by atoms with van der Waals surface area (Å²) in [6, 6.07) is 1.39. The Morgan fingerprint density at radius 1 is 1.27 bits per heavy atom. The molecule has 0 aliphatic heterocycles. The van der Waals surface area contributed by atoms with Gasteiger partial charge in [-0.3, -0.25) is 4.79 Å². The molecule has 3 N–H and O–H groups in total. The van der Waals surface area contributed by atoms with Crippen molar-refractivity contribution in [2.24, 2.45) is 7.05 Å². The van der Waals surface area contributed by atoms with Gasteiger partial charge in [0, 0.05) is 48.7 Å². The van der Waals surface area contributed by atoms with Crippen LogP contribution in [-0.4, -0.2) is 16.0 Å². The second kappa shape index (κ2) is 7.05. The molecule has 10 heteroatoms. The van der Waals surface area contributed by atoms with E-state index in [0.717, 1.165) is 12.8 Å². The maximum absolute atomic E-state index is 13.3. The maximum Gasteiger partial charge on any atom is 0.273 e. The predicted molar refractivity (Wildman–Crippen MR) is 96.7 cm³/mol. The van der Waals surface area contributed by atoms with Crippen LogP contribution in [0.3, 0.4) is 0 Å². The average Bonchev–Trinajstić information content (AvgIpc) is 3.21. The molecule has 0 radical (unpaired) electrons. The van der Waals surface area contributed by atoms with Gasteiger partial charge in [0.25, 0.3) is 5.91 Å². The number of benzene rings is 1. The van der Waals surface area contributed by atoms with Crippen LogP contribution in [0.2, 0.25) is 5.02 Å². The number of aryl methyl sites for hydroxylation is 1. The lowest BCUT2D eigenvalue weighted by Crippen LogP contribution is -2.21. The lowest BCUT2D eigenvalue weighted by molar-refractivity contribution is 0.101. The molecule has 1 heterocycles. The van der Waals surface area contributed by atoms with E-state index < -0.39 is 23.4 Å². The Kier molecular flexibility index (Phi) is 5.14. The first-order valence-corrected chi connectivity index (χ1v) is 8.89. The minimum atomic E-state index is -1.60. The summed E-state index contributed by atoms with van der Waals surface area (Å²) in [7, 11) is 1.61. The molecule has 3 rings (SSSR count). The van der Waals surface area contributed by atoms with Crippen molar-refractivity contribution in [1.29, 1.82) is 0 Å². The van der Waals surface area contributed by atoms with Gasteiger partial charge in [-0.15, -0.1) is 0 Å². The molecular formula is C16H16ClF3N4OS. The molecule has 1 saturated carbocycles. The predicted octanol–water partition coefficient (Wildman–Crippen LogP) is 4.47. The summed E-state index contributed by atoms with van der Waals surface area (Å²) in [6.07, 6.45) is 3.79. The zero-order valence-corrected chi connectivity index (χ0v) is 15.5. The fourth-order valence-corrected chi connectivity index (χ4v) is 3.38. The lowest BCUT2D eigenvalue weighted by atomic mass is 10.2. The number of anilines is 2. The third-order valence-corrected chi connectivity index (χ3v) is 5.33. The molecular weight excluding hydrogens is 389 g/mol. The fourth-order valence-electron chi connectivity index (χ4n) is 2.24. The summed E-state index contributed by atoms with van der Waals surface area (Å²) in [5.41, 5.74) is 0.501. The van der Waals surface area contributed by atoms with E-state index in [-0.39, 0.29) is 21.9 Å². The zero-order valence-electron chi connectivity index (χ0n) is 13.9. The Morgan fingerprint density at radius 2 is 1.88 bits per heavy atom. The number of hydrogen-bond acceptors (Lipinski definition) is 4. The number of aromatic nitrogens is 1. The first-order chi connectivity index (χ1) is 12.2. The van der Waals surface area contributed by atoms with Crippen molar-refractivity contribution in [3.63, 3.8) is 0 Å². The van der Waals surface area contributed by atoms with E-state index >= 15 is 0 Å². The molecule has 0 bridgehead atoms. The average molecular weight is 405 g/mol. The molecule has 0 spiro atoms. The topological polar surface area (TPSA) is 58.1 Å². The lowest BCUT2D eigenvalue weighted by Gasteiger charge is -2.10. The fraction of sp³-hybridized carbons (Fsp3) is 0.312. The van der Waals surface area contributed by atoms with Crippen LogP contribution in [0.15, 0.2) is 18.3 Å². The summed E-state index contributed by atoms with van der Waals surface area (Å²) in [5, 5.41) is 2.47. The Hall–Kier alpha value is -1.84. The van der Waals surface area contributed by atoms with Gasteiger partial charge in [-0.1, -0.05) is 11.6 Å². The molecule has 1 aliphatic rings. The van der Waals surface area contributed by atoms with Crippen LogP contribution in [0.1, 0.15) is 30.3 Å². The highest BCUT2D eigenvalue weighted by molar-refractivity contribution is 7.98. The van der Waals surface area contributed by atoms with Gasteiger partial charge in [0.15, 0.2) is 17.5 Å². The van der Waals surface area contributed by atoms with E-state index in [0.29, 0.717) is 17.8 Å². The second-order valence-electron chi connectivity index (χ2n) is 6.39. The summed E-state index contributed by atoms with van der Waals surface area (Å²) < 4.78 is 47.3. The van der Waals surface area contributed by atoms with Crippen molar-refractivity contribution < 1.29 is 18.0 Å². The van der Waals surface area contributed by atoms with Crippen LogP contribution < -0.4 is 14.8 Å². The molecule has 0 unspecified atom stereocenters. The van der Waals surface area contributed by atoms with Crippen LogP contribution in [0, 0.1) is 17.5 Å². The van der Waals surface area contributed by atoms with Crippen molar-refractivity contribution in [2.45, 2.75) is 25.3 Å². The highest BCUT2D eigenvalue weighted by Crippen LogP contribution is 2.37. The molecule has 0 saturated heterocycles. The van der Waals surface area contributed by atoms with E-state index in [9.17, 15) is 18.0 Å². The van der Waals surface area contributed by atoms with Crippen molar-refractivity contribution in [3.05, 3.63) is 46.5 Å². The van der Waals surface area contributed by atoms with Gasteiger partial charge in [-0.2, -0.15) is 0 Å². The van der Waals surface area contributed by atoms with Crippen LogP contribution in [0.25, 0.3) is 0 Å². The largest absolute Gasteiger partial charge is 0.343 e. The third-order valence-electron chi connectivity index (χ3n) is 4.04. The molecule has 1 aromatic carbocycles. The van der Waals surface area contributed by atoms with E-state index in [1.54, 1.807) is 13.2 Å². The highest BCUT2D eigenvalue weighted by atomic mass is 35.5. The minimum Gasteiger partial charge on any atom is -0.343 e. The summed E-state index contributed by atoms with van der Waals surface area (Å²) in [4.78, 5) is 12.4. The Labute approximate surface area is 157 Å². The van der Waals surface area contributed by atoms with Gasteiger partial charge in [-0.05, 0) is 19.8 Å². The van der Waals surface area contributed by atoms with E-state index in [1.165, 1.54) is 16.7 Å². The Balaban J connectivity index is 1.72. The number of nitrogens with zero attached hydrogens (tertiary/aromatic N) is 1. The molecule has 2 aromatic rings. The summed E-state index contributed by atoms with van der Waals surface area (Å²) in [5.74, 6) is -5.06. The van der Waals surface area contributed by atoms with Crippen molar-refractivity contribution in [2.75, 3.05) is 10.0 Å². The van der Waals surface area contributed by atoms with Gasteiger partial charge < -0.3 is 14.6 Å². The molecule has 5 nitrogen and oxygen atoms in total. The summed E-state index contributed by atoms with van der Waals surface area (Å²) in [6.45, 7) is 2.09. The molecule has 26 heavy (non-hydrogen) atoms. The quantitative estimate of drug-likeness (QED) is 0.491. The number of hydrogen-bond donors (Lipinski definition) is 3. The molecule has 0 atom stereocenters. The van der Waals surface area contributed by atoms with E-state index in [4.69, 9.17) is 11.6 Å². The van der Waals surface area contributed by atoms with E-state index in [2.05, 4.69) is 21.7 Å². The van der Waals surface area contributed by atoms with Crippen molar-refractivity contribution in [1.82, 2.24) is 9.29 Å².